The van der Waals surface area contributed by atoms with Gasteiger partial charge in [-0.3, -0.25) is 0 Å². The van der Waals surface area contributed by atoms with Crippen LogP contribution >= 0.6 is 0 Å². The van der Waals surface area contributed by atoms with Crippen LogP contribution in [0.25, 0.3) is 5.57 Å². The standard InChI is InChI=1S/C17H22O2/c1-11-5-6-12-7-8-13(17(2,3)4)9-15(12)14(11)10-16(18)19/h7-11H,5-6H2,1-4H3,(H,18,19)/b14-10+. The zero-order valence-corrected chi connectivity index (χ0v) is 12.2. The lowest BCUT2D eigenvalue weighted by molar-refractivity contribution is -0.131. The van der Waals surface area contributed by atoms with Gasteiger partial charge in [-0.05, 0) is 46.4 Å². The molecule has 0 fully saturated rings. The van der Waals surface area contributed by atoms with E-state index in [-0.39, 0.29) is 5.41 Å². The van der Waals surface area contributed by atoms with Crippen LogP contribution in [0.15, 0.2) is 24.3 Å². The first-order chi connectivity index (χ1) is 8.79. The summed E-state index contributed by atoms with van der Waals surface area (Å²) in [6.45, 7) is 8.66. The van der Waals surface area contributed by atoms with Gasteiger partial charge in [0.2, 0.25) is 0 Å². The van der Waals surface area contributed by atoms with Gasteiger partial charge < -0.3 is 5.11 Å². The van der Waals surface area contributed by atoms with Crippen LogP contribution in [-0.4, -0.2) is 11.1 Å². The smallest absolute Gasteiger partial charge is 0.328 e. The van der Waals surface area contributed by atoms with Crippen molar-refractivity contribution in [2.24, 2.45) is 5.92 Å². The third-order valence-corrected chi connectivity index (χ3v) is 3.94. The molecule has 1 atom stereocenters. The van der Waals surface area contributed by atoms with Gasteiger partial charge in [-0.25, -0.2) is 4.79 Å². The molecule has 0 saturated carbocycles. The van der Waals surface area contributed by atoms with Crippen LogP contribution in [0.2, 0.25) is 0 Å². The first-order valence-corrected chi connectivity index (χ1v) is 6.87. The summed E-state index contributed by atoms with van der Waals surface area (Å²) in [4.78, 5) is 11.0. The molecule has 2 nitrogen and oxygen atoms in total. The minimum absolute atomic E-state index is 0.0874. The second-order valence-electron chi connectivity index (χ2n) is 6.50. The molecule has 1 aromatic rings. The second-order valence-corrected chi connectivity index (χ2v) is 6.50. The van der Waals surface area contributed by atoms with Crippen LogP contribution in [-0.2, 0) is 16.6 Å². The van der Waals surface area contributed by atoms with Crippen LogP contribution in [0.3, 0.4) is 0 Å². The normalized spacial score (nSPS) is 21.3. The Hall–Kier alpha value is -1.57. The molecule has 2 heteroatoms. The average Bonchev–Trinajstić information content (AvgIpc) is 2.30. The molecule has 0 saturated heterocycles. The Labute approximate surface area is 115 Å². The van der Waals surface area contributed by atoms with Crippen molar-refractivity contribution in [1.82, 2.24) is 0 Å². The summed E-state index contributed by atoms with van der Waals surface area (Å²) in [6, 6.07) is 6.52. The number of rotatable bonds is 1. The lowest BCUT2D eigenvalue weighted by Gasteiger charge is -2.28. The Morgan fingerprint density at radius 3 is 2.63 bits per heavy atom. The second kappa shape index (κ2) is 4.84. The molecular weight excluding hydrogens is 236 g/mol. The molecule has 1 aromatic carbocycles. The van der Waals surface area contributed by atoms with Gasteiger partial charge in [0.1, 0.15) is 0 Å². The maximum absolute atomic E-state index is 11.0. The van der Waals surface area contributed by atoms with Gasteiger partial charge >= 0.3 is 5.97 Å². The Balaban J connectivity index is 2.57. The molecule has 1 aliphatic rings. The van der Waals surface area contributed by atoms with Gasteiger partial charge in [0.15, 0.2) is 0 Å². The number of allylic oxidation sites excluding steroid dienone is 1. The highest BCUT2D eigenvalue weighted by molar-refractivity contribution is 5.91. The molecule has 0 aliphatic heterocycles. The van der Waals surface area contributed by atoms with E-state index in [2.05, 4.69) is 45.9 Å². The van der Waals surface area contributed by atoms with Crippen molar-refractivity contribution >= 4 is 11.5 Å². The van der Waals surface area contributed by atoms with E-state index in [9.17, 15) is 4.79 Å². The quantitative estimate of drug-likeness (QED) is 0.772. The van der Waals surface area contributed by atoms with E-state index in [4.69, 9.17) is 5.11 Å². The predicted molar refractivity (Wildman–Crippen MR) is 78.2 cm³/mol. The van der Waals surface area contributed by atoms with E-state index >= 15 is 0 Å². The van der Waals surface area contributed by atoms with E-state index in [1.165, 1.54) is 17.2 Å². The average molecular weight is 258 g/mol. The number of carboxylic acids is 1. The molecule has 2 rings (SSSR count). The topological polar surface area (TPSA) is 37.3 Å². The number of hydrogen-bond acceptors (Lipinski definition) is 1. The summed E-state index contributed by atoms with van der Waals surface area (Å²) in [5, 5.41) is 9.06. The number of fused-ring (bicyclic) bond motifs is 1. The van der Waals surface area contributed by atoms with Gasteiger partial charge in [-0.15, -0.1) is 0 Å². The monoisotopic (exact) mass is 258 g/mol. The molecule has 0 radical (unpaired) electrons. The predicted octanol–water partition coefficient (Wildman–Crippen LogP) is 4.03. The molecule has 1 unspecified atom stereocenters. The third-order valence-electron chi connectivity index (χ3n) is 3.94. The van der Waals surface area contributed by atoms with Crippen molar-refractivity contribution in [2.75, 3.05) is 0 Å². The van der Waals surface area contributed by atoms with Crippen LogP contribution in [0.1, 0.15) is 50.8 Å². The van der Waals surface area contributed by atoms with Crippen LogP contribution in [0, 0.1) is 5.92 Å². The summed E-state index contributed by atoms with van der Waals surface area (Å²) in [7, 11) is 0. The molecule has 0 spiro atoms. The van der Waals surface area contributed by atoms with Crippen molar-refractivity contribution in [3.63, 3.8) is 0 Å². The van der Waals surface area contributed by atoms with Crippen molar-refractivity contribution in [1.29, 1.82) is 0 Å². The highest BCUT2D eigenvalue weighted by atomic mass is 16.4. The third kappa shape index (κ3) is 2.89. The zero-order valence-electron chi connectivity index (χ0n) is 12.2. The fourth-order valence-corrected chi connectivity index (χ4v) is 2.68. The molecule has 0 heterocycles. The summed E-state index contributed by atoms with van der Waals surface area (Å²) >= 11 is 0. The lowest BCUT2D eigenvalue weighted by atomic mass is 9.77. The highest BCUT2D eigenvalue weighted by Gasteiger charge is 2.23. The highest BCUT2D eigenvalue weighted by Crippen LogP contribution is 2.37. The zero-order chi connectivity index (χ0) is 14.2. The van der Waals surface area contributed by atoms with E-state index in [1.807, 2.05) is 0 Å². The molecule has 0 bridgehead atoms. The van der Waals surface area contributed by atoms with Gasteiger partial charge in [-0.2, -0.15) is 0 Å². The fourth-order valence-electron chi connectivity index (χ4n) is 2.68. The van der Waals surface area contributed by atoms with Crippen molar-refractivity contribution in [3.8, 4) is 0 Å². The van der Waals surface area contributed by atoms with Crippen molar-refractivity contribution < 1.29 is 9.90 Å². The molecule has 19 heavy (non-hydrogen) atoms. The number of aryl methyl sites for hydroxylation is 1. The van der Waals surface area contributed by atoms with Crippen LogP contribution < -0.4 is 0 Å². The largest absolute Gasteiger partial charge is 0.478 e. The summed E-state index contributed by atoms with van der Waals surface area (Å²) in [6.07, 6.45) is 3.45. The molecule has 0 aromatic heterocycles. The molecule has 102 valence electrons. The lowest BCUT2D eigenvalue weighted by Crippen LogP contribution is -2.16. The summed E-state index contributed by atoms with van der Waals surface area (Å²) in [5.74, 6) is -0.533. The molecule has 1 N–H and O–H groups in total. The molecule has 1 aliphatic carbocycles. The summed E-state index contributed by atoms with van der Waals surface area (Å²) < 4.78 is 0. The minimum atomic E-state index is -0.851. The number of carbonyl (C=O) groups is 1. The van der Waals surface area contributed by atoms with Crippen LogP contribution in [0.5, 0.6) is 0 Å². The van der Waals surface area contributed by atoms with Crippen molar-refractivity contribution in [3.05, 3.63) is 41.0 Å². The minimum Gasteiger partial charge on any atom is -0.478 e. The first kappa shape index (κ1) is 13.9. The van der Waals surface area contributed by atoms with Crippen LogP contribution in [0.4, 0.5) is 0 Å². The number of hydrogen-bond donors (Lipinski definition) is 1. The van der Waals surface area contributed by atoms with Gasteiger partial charge in [0.05, 0.1) is 0 Å². The van der Waals surface area contributed by atoms with E-state index in [1.54, 1.807) is 0 Å². The number of aliphatic carboxylic acids is 1. The van der Waals surface area contributed by atoms with E-state index < -0.39 is 5.97 Å². The van der Waals surface area contributed by atoms with Gasteiger partial charge in [0, 0.05) is 6.08 Å². The number of carboxylic acid groups (broad SMARTS) is 1. The van der Waals surface area contributed by atoms with Crippen molar-refractivity contribution in [2.45, 2.75) is 46.0 Å². The van der Waals surface area contributed by atoms with Gasteiger partial charge in [0.25, 0.3) is 0 Å². The maximum atomic E-state index is 11.0. The van der Waals surface area contributed by atoms with E-state index in [0.717, 1.165) is 24.0 Å². The Morgan fingerprint density at radius 2 is 2.05 bits per heavy atom. The molecular formula is C17H22O2. The number of benzene rings is 1. The Kier molecular flexibility index (Phi) is 3.53. The maximum Gasteiger partial charge on any atom is 0.328 e. The van der Waals surface area contributed by atoms with Gasteiger partial charge in [-0.1, -0.05) is 45.9 Å². The molecule has 0 amide bonds. The summed E-state index contributed by atoms with van der Waals surface area (Å²) in [5.41, 5.74) is 4.73. The van der Waals surface area contributed by atoms with E-state index in [0.29, 0.717) is 5.92 Å². The Morgan fingerprint density at radius 1 is 1.37 bits per heavy atom. The fraction of sp³-hybridized carbons (Fsp3) is 0.471. The Bertz CT molecular complexity index is 533. The SMILES string of the molecule is CC1CCc2ccc(C(C)(C)C)cc2/C1=C/C(=O)O. The first-order valence-electron chi connectivity index (χ1n) is 6.87.